The average Bonchev–Trinajstić information content (AvgIpc) is 2.28. The molecule has 0 saturated carbocycles. The summed E-state index contributed by atoms with van der Waals surface area (Å²) in [6.45, 7) is 0.601. The van der Waals surface area contributed by atoms with Gasteiger partial charge in [-0.1, -0.05) is 12.1 Å². The van der Waals surface area contributed by atoms with Gasteiger partial charge >= 0.3 is 6.36 Å². The summed E-state index contributed by atoms with van der Waals surface area (Å²) in [7, 11) is 0. The molecule has 1 saturated heterocycles. The van der Waals surface area contributed by atoms with Crippen molar-refractivity contribution >= 4 is 5.91 Å². The standard InChI is InChI=1S/C12H12F3NO2/c13-12(14,15)18-10-3-1-8(2-4-10)9-5-6-16-11(17)7-9/h1-4,9H,5-7H2,(H,16,17). The first kappa shape index (κ1) is 12.7. The van der Waals surface area contributed by atoms with Gasteiger partial charge in [-0.25, -0.2) is 0 Å². The van der Waals surface area contributed by atoms with Crippen molar-refractivity contribution in [3.8, 4) is 5.75 Å². The molecule has 3 nitrogen and oxygen atoms in total. The van der Waals surface area contributed by atoms with Gasteiger partial charge in [0.15, 0.2) is 0 Å². The van der Waals surface area contributed by atoms with Crippen molar-refractivity contribution in [2.75, 3.05) is 6.54 Å². The van der Waals surface area contributed by atoms with Crippen LogP contribution in [0.4, 0.5) is 13.2 Å². The third kappa shape index (κ3) is 3.38. The maximum absolute atomic E-state index is 12.0. The Morgan fingerprint density at radius 1 is 1.22 bits per heavy atom. The van der Waals surface area contributed by atoms with Crippen LogP contribution >= 0.6 is 0 Å². The first-order chi connectivity index (χ1) is 8.44. The Hall–Kier alpha value is -1.72. The van der Waals surface area contributed by atoms with Gasteiger partial charge in [-0.2, -0.15) is 0 Å². The molecule has 1 aliphatic heterocycles. The van der Waals surface area contributed by atoms with E-state index in [2.05, 4.69) is 10.1 Å². The van der Waals surface area contributed by atoms with Crippen LogP contribution in [0.1, 0.15) is 24.3 Å². The summed E-state index contributed by atoms with van der Waals surface area (Å²) in [4.78, 5) is 11.2. The van der Waals surface area contributed by atoms with Gasteiger partial charge in [-0.15, -0.1) is 13.2 Å². The molecule has 0 aliphatic carbocycles. The topological polar surface area (TPSA) is 38.3 Å². The molecule has 98 valence electrons. The zero-order valence-corrected chi connectivity index (χ0v) is 9.46. The van der Waals surface area contributed by atoms with E-state index in [-0.39, 0.29) is 17.6 Å². The summed E-state index contributed by atoms with van der Waals surface area (Å²) in [5, 5.41) is 2.71. The number of rotatable bonds is 2. The monoisotopic (exact) mass is 259 g/mol. The van der Waals surface area contributed by atoms with Crippen LogP contribution in [0.15, 0.2) is 24.3 Å². The number of hydrogen-bond acceptors (Lipinski definition) is 2. The highest BCUT2D eigenvalue weighted by Crippen LogP contribution is 2.29. The highest BCUT2D eigenvalue weighted by atomic mass is 19.4. The van der Waals surface area contributed by atoms with E-state index in [0.29, 0.717) is 13.0 Å². The number of halogens is 3. The zero-order valence-electron chi connectivity index (χ0n) is 9.46. The molecule has 1 unspecified atom stereocenters. The van der Waals surface area contributed by atoms with Gasteiger partial charge in [0.1, 0.15) is 5.75 Å². The second-order valence-electron chi connectivity index (χ2n) is 4.16. The van der Waals surface area contributed by atoms with Gasteiger partial charge in [-0.05, 0) is 30.0 Å². The highest BCUT2D eigenvalue weighted by Gasteiger charge is 2.31. The fourth-order valence-electron chi connectivity index (χ4n) is 2.01. The Morgan fingerprint density at radius 2 is 1.89 bits per heavy atom. The lowest BCUT2D eigenvalue weighted by Crippen LogP contribution is -2.32. The summed E-state index contributed by atoms with van der Waals surface area (Å²) in [6.07, 6.45) is -3.50. The SMILES string of the molecule is O=C1CC(c2ccc(OC(F)(F)F)cc2)CCN1. The molecule has 6 heteroatoms. The lowest BCUT2D eigenvalue weighted by atomic mass is 9.90. The van der Waals surface area contributed by atoms with E-state index in [1.807, 2.05) is 0 Å². The molecule has 0 radical (unpaired) electrons. The fourth-order valence-corrected chi connectivity index (χ4v) is 2.01. The van der Waals surface area contributed by atoms with E-state index >= 15 is 0 Å². The number of benzene rings is 1. The summed E-state index contributed by atoms with van der Waals surface area (Å²) in [5.74, 6) is -0.202. The van der Waals surface area contributed by atoms with Crippen molar-refractivity contribution < 1.29 is 22.7 Å². The summed E-state index contributed by atoms with van der Waals surface area (Å²) in [6, 6.07) is 5.69. The molecule has 0 bridgehead atoms. The van der Waals surface area contributed by atoms with Crippen LogP contribution in [0.5, 0.6) is 5.75 Å². The number of amides is 1. The van der Waals surface area contributed by atoms with Crippen LogP contribution < -0.4 is 10.1 Å². The first-order valence-corrected chi connectivity index (χ1v) is 5.56. The number of piperidine rings is 1. The molecule has 1 heterocycles. The molecule has 0 spiro atoms. The second kappa shape index (κ2) is 4.88. The molecule has 1 amide bonds. The number of carbonyl (C=O) groups excluding carboxylic acids is 1. The smallest absolute Gasteiger partial charge is 0.406 e. The van der Waals surface area contributed by atoms with Crippen LogP contribution in [0, 0.1) is 0 Å². The Morgan fingerprint density at radius 3 is 2.44 bits per heavy atom. The number of carbonyl (C=O) groups is 1. The number of alkyl halides is 3. The van der Waals surface area contributed by atoms with E-state index in [1.54, 1.807) is 12.1 Å². The first-order valence-electron chi connectivity index (χ1n) is 5.56. The Bertz CT molecular complexity index is 428. The van der Waals surface area contributed by atoms with E-state index in [4.69, 9.17) is 0 Å². The molecule has 1 aromatic carbocycles. The van der Waals surface area contributed by atoms with Crippen molar-refractivity contribution in [1.29, 1.82) is 0 Å². The van der Waals surface area contributed by atoms with Gasteiger partial charge in [0.05, 0.1) is 0 Å². The maximum atomic E-state index is 12.0. The van der Waals surface area contributed by atoms with E-state index in [1.165, 1.54) is 12.1 Å². The molecule has 1 fully saturated rings. The molecule has 0 aromatic heterocycles. The van der Waals surface area contributed by atoms with Crippen LogP contribution in [0.25, 0.3) is 0 Å². The number of nitrogens with one attached hydrogen (secondary N) is 1. The van der Waals surface area contributed by atoms with Crippen LogP contribution in [0.2, 0.25) is 0 Å². The van der Waals surface area contributed by atoms with Gasteiger partial charge in [0.25, 0.3) is 0 Å². The van der Waals surface area contributed by atoms with Crippen molar-refractivity contribution in [3.63, 3.8) is 0 Å². The van der Waals surface area contributed by atoms with Crippen LogP contribution in [-0.4, -0.2) is 18.8 Å². The predicted molar refractivity (Wildman–Crippen MR) is 58.1 cm³/mol. The quantitative estimate of drug-likeness (QED) is 0.886. The van der Waals surface area contributed by atoms with Crippen molar-refractivity contribution in [3.05, 3.63) is 29.8 Å². The van der Waals surface area contributed by atoms with E-state index in [9.17, 15) is 18.0 Å². The third-order valence-corrected chi connectivity index (χ3v) is 2.83. The number of hydrogen-bond donors (Lipinski definition) is 1. The summed E-state index contributed by atoms with van der Waals surface area (Å²) >= 11 is 0. The molecular weight excluding hydrogens is 247 g/mol. The van der Waals surface area contributed by atoms with Gasteiger partial charge in [-0.3, -0.25) is 4.79 Å². The molecule has 1 aromatic rings. The van der Waals surface area contributed by atoms with E-state index in [0.717, 1.165) is 12.0 Å². The number of ether oxygens (including phenoxy) is 1. The highest BCUT2D eigenvalue weighted by molar-refractivity contribution is 5.77. The predicted octanol–water partition coefficient (Wildman–Crippen LogP) is 2.58. The van der Waals surface area contributed by atoms with Crippen molar-refractivity contribution in [2.45, 2.75) is 25.1 Å². The molecular formula is C12H12F3NO2. The molecule has 1 N–H and O–H groups in total. The van der Waals surface area contributed by atoms with Crippen LogP contribution in [-0.2, 0) is 4.79 Å². The average molecular weight is 259 g/mol. The van der Waals surface area contributed by atoms with Gasteiger partial charge in [0, 0.05) is 13.0 Å². The van der Waals surface area contributed by atoms with Gasteiger partial charge in [0.2, 0.25) is 5.91 Å². The lowest BCUT2D eigenvalue weighted by molar-refractivity contribution is -0.274. The van der Waals surface area contributed by atoms with Gasteiger partial charge < -0.3 is 10.1 Å². The normalized spacial score (nSPS) is 20.4. The zero-order chi connectivity index (χ0) is 13.2. The largest absolute Gasteiger partial charge is 0.573 e. The minimum Gasteiger partial charge on any atom is -0.406 e. The minimum atomic E-state index is -4.67. The summed E-state index contributed by atoms with van der Waals surface area (Å²) in [5.41, 5.74) is 0.861. The Kier molecular flexibility index (Phi) is 3.45. The van der Waals surface area contributed by atoms with Crippen molar-refractivity contribution in [1.82, 2.24) is 5.32 Å². The summed E-state index contributed by atoms with van der Waals surface area (Å²) < 4.78 is 39.7. The second-order valence-corrected chi connectivity index (χ2v) is 4.16. The van der Waals surface area contributed by atoms with E-state index < -0.39 is 6.36 Å². The fraction of sp³-hybridized carbons (Fsp3) is 0.417. The Labute approximate surface area is 102 Å². The lowest BCUT2D eigenvalue weighted by Gasteiger charge is -2.22. The molecule has 18 heavy (non-hydrogen) atoms. The third-order valence-electron chi connectivity index (χ3n) is 2.83. The molecule has 2 rings (SSSR count). The minimum absolute atomic E-state index is 0.0260. The van der Waals surface area contributed by atoms with Crippen molar-refractivity contribution in [2.24, 2.45) is 0 Å². The molecule has 1 atom stereocenters. The Balaban J connectivity index is 2.05. The van der Waals surface area contributed by atoms with Crippen LogP contribution in [0.3, 0.4) is 0 Å². The molecule has 1 aliphatic rings. The maximum Gasteiger partial charge on any atom is 0.573 e.